The maximum Gasteiger partial charge on any atom is 0.250 e. The van der Waals surface area contributed by atoms with Crippen molar-refractivity contribution < 1.29 is 19.2 Å². The summed E-state index contributed by atoms with van der Waals surface area (Å²) in [6.45, 7) is 1.46. The molecule has 2 saturated heterocycles. The minimum atomic E-state index is -1.36. The molecule has 0 unspecified atom stereocenters. The molecule has 4 aromatic rings. The minimum Gasteiger partial charge on any atom is -0.361 e. The van der Waals surface area contributed by atoms with Gasteiger partial charge in [-0.05, 0) is 55.3 Å². The summed E-state index contributed by atoms with van der Waals surface area (Å²) in [6.07, 6.45) is 2.38. The van der Waals surface area contributed by atoms with Crippen molar-refractivity contribution in [3.8, 4) is 0 Å². The van der Waals surface area contributed by atoms with E-state index in [2.05, 4.69) is 15.6 Å². The SMILES string of the molecule is CC(=O)c1ccc(N2C(=O)[C@@H]3[C@H](Cc4c[nH]c5ccccc45)N[C@@]4(C(=O)Nc5ccccc54)[C@@H]3C2=O)cc1. The molecule has 4 heterocycles. The van der Waals surface area contributed by atoms with E-state index in [-0.39, 0.29) is 17.6 Å². The molecule has 0 bridgehead atoms. The fraction of sp³-hybridized carbons (Fsp3) is 0.200. The Morgan fingerprint density at radius 1 is 0.921 bits per heavy atom. The van der Waals surface area contributed by atoms with E-state index in [4.69, 9.17) is 0 Å². The van der Waals surface area contributed by atoms with Crippen LogP contribution in [0.15, 0.2) is 79.0 Å². The molecule has 3 aliphatic rings. The van der Waals surface area contributed by atoms with E-state index in [0.717, 1.165) is 16.5 Å². The topological polar surface area (TPSA) is 111 Å². The lowest BCUT2D eigenvalue weighted by Gasteiger charge is -2.29. The first-order valence-electron chi connectivity index (χ1n) is 12.6. The lowest BCUT2D eigenvalue weighted by atomic mass is 9.76. The standard InChI is InChI=1S/C30H24N4O4/c1-16(35)17-10-12-19(13-11-17)34-27(36)25-24(14-18-15-31-22-8-4-2-6-20(18)22)33-30(26(25)28(34)37)21-7-3-5-9-23(21)32-29(30)38/h2-13,15,24-26,31,33H,14H2,1H3,(H,32,38)/t24-,25+,26-,30+/m0/s1. The number of aromatic amines is 1. The van der Waals surface area contributed by atoms with Crippen LogP contribution in [-0.4, -0.2) is 34.5 Å². The van der Waals surface area contributed by atoms with Gasteiger partial charge in [0.1, 0.15) is 5.54 Å². The van der Waals surface area contributed by atoms with Gasteiger partial charge in [0, 0.05) is 40.0 Å². The van der Waals surface area contributed by atoms with Gasteiger partial charge in [0.2, 0.25) is 17.7 Å². The number of aromatic nitrogens is 1. The molecule has 1 spiro atoms. The van der Waals surface area contributed by atoms with Crippen molar-refractivity contribution in [1.82, 2.24) is 10.3 Å². The zero-order valence-corrected chi connectivity index (χ0v) is 20.5. The van der Waals surface area contributed by atoms with E-state index in [1.165, 1.54) is 11.8 Å². The van der Waals surface area contributed by atoms with Crippen molar-refractivity contribution in [2.45, 2.75) is 24.9 Å². The third-order valence-electron chi connectivity index (χ3n) is 8.27. The van der Waals surface area contributed by atoms with Crippen molar-refractivity contribution in [2.24, 2.45) is 11.8 Å². The number of ketones is 1. The maximum atomic E-state index is 14.1. The Bertz CT molecular complexity index is 1670. The number of anilines is 2. The van der Waals surface area contributed by atoms with E-state index in [0.29, 0.717) is 28.9 Å². The van der Waals surface area contributed by atoms with Crippen LogP contribution in [-0.2, 0) is 26.3 Å². The van der Waals surface area contributed by atoms with Gasteiger partial charge in [-0.3, -0.25) is 24.5 Å². The smallest absolute Gasteiger partial charge is 0.250 e. The molecular weight excluding hydrogens is 480 g/mol. The third kappa shape index (κ3) is 2.95. The van der Waals surface area contributed by atoms with E-state index >= 15 is 0 Å². The Labute approximate surface area is 218 Å². The highest BCUT2D eigenvalue weighted by atomic mass is 16.2. The summed E-state index contributed by atoms with van der Waals surface area (Å²) in [5.41, 5.74) is 2.83. The average molecular weight is 505 g/mol. The Hall–Kier alpha value is -4.56. The molecule has 8 heteroatoms. The van der Waals surface area contributed by atoms with Gasteiger partial charge in [-0.2, -0.15) is 0 Å². The summed E-state index contributed by atoms with van der Waals surface area (Å²) in [4.78, 5) is 58.1. The second-order valence-electron chi connectivity index (χ2n) is 10.2. The van der Waals surface area contributed by atoms with Crippen LogP contribution in [0.2, 0.25) is 0 Å². The number of carbonyl (C=O) groups excluding carboxylic acids is 4. The highest BCUT2D eigenvalue weighted by molar-refractivity contribution is 6.26. The fourth-order valence-corrected chi connectivity index (χ4v) is 6.57. The predicted octanol–water partition coefficient (Wildman–Crippen LogP) is 3.54. The first kappa shape index (κ1) is 22.6. The van der Waals surface area contributed by atoms with Gasteiger partial charge >= 0.3 is 0 Å². The normalized spacial score (nSPS) is 25.8. The number of imide groups is 1. The third-order valence-corrected chi connectivity index (χ3v) is 8.27. The molecule has 8 nitrogen and oxygen atoms in total. The molecule has 3 aliphatic heterocycles. The molecule has 4 atom stereocenters. The van der Waals surface area contributed by atoms with Gasteiger partial charge < -0.3 is 10.3 Å². The Kier molecular flexibility index (Phi) is 4.74. The number of benzene rings is 3. The van der Waals surface area contributed by atoms with E-state index in [1.807, 2.05) is 54.7 Å². The quantitative estimate of drug-likeness (QED) is 0.291. The lowest BCUT2D eigenvalue weighted by Crippen LogP contribution is -2.53. The number of H-pyrrole nitrogens is 1. The number of amides is 3. The molecule has 0 aliphatic carbocycles. The molecule has 0 radical (unpaired) electrons. The number of hydrogen-bond donors (Lipinski definition) is 3. The van der Waals surface area contributed by atoms with E-state index < -0.39 is 29.3 Å². The molecule has 7 rings (SSSR count). The van der Waals surface area contributed by atoms with E-state index in [1.54, 1.807) is 24.3 Å². The molecule has 2 fully saturated rings. The van der Waals surface area contributed by atoms with Crippen LogP contribution >= 0.6 is 0 Å². The number of hydrogen-bond acceptors (Lipinski definition) is 5. The van der Waals surface area contributed by atoms with Crippen LogP contribution in [0.5, 0.6) is 0 Å². The number of nitrogens with zero attached hydrogens (tertiary/aromatic N) is 1. The second-order valence-corrected chi connectivity index (χ2v) is 10.2. The number of rotatable bonds is 4. The Balaban J connectivity index is 1.35. The molecular formula is C30H24N4O4. The lowest BCUT2D eigenvalue weighted by molar-refractivity contribution is -0.130. The highest BCUT2D eigenvalue weighted by Crippen LogP contribution is 2.54. The number of fused-ring (bicyclic) bond motifs is 5. The molecule has 0 saturated carbocycles. The van der Waals surface area contributed by atoms with Crippen LogP contribution in [0.25, 0.3) is 10.9 Å². The number of carbonyl (C=O) groups is 4. The molecule has 3 amide bonds. The monoisotopic (exact) mass is 504 g/mol. The minimum absolute atomic E-state index is 0.103. The van der Waals surface area contributed by atoms with Gasteiger partial charge in [-0.1, -0.05) is 36.4 Å². The molecule has 188 valence electrons. The molecule has 3 N–H and O–H groups in total. The first-order chi connectivity index (χ1) is 18.4. The van der Waals surface area contributed by atoms with Crippen LogP contribution < -0.4 is 15.5 Å². The van der Waals surface area contributed by atoms with Crippen molar-refractivity contribution >= 4 is 45.8 Å². The number of Topliss-reactive ketones (excluding diaryl/α,β-unsaturated/α-hetero) is 1. The largest absolute Gasteiger partial charge is 0.361 e. The number of nitrogens with one attached hydrogen (secondary N) is 3. The van der Waals surface area contributed by atoms with Crippen molar-refractivity contribution in [3.05, 3.63) is 95.7 Å². The van der Waals surface area contributed by atoms with Crippen molar-refractivity contribution in [2.75, 3.05) is 10.2 Å². The summed E-state index contributed by atoms with van der Waals surface area (Å²) < 4.78 is 0. The van der Waals surface area contributed by atoms with Gasteiger partial charge in [0.05, 0.1) is 17.5 Å². The van der Waals surface area contributed by atoms with Gasteiger partial charge in [-0.15, -0.1) is 0 Å². The Morgan fingerprint density at radius 2 is 1.66 bits per heavy atom. The first-order valence-corrected chi connectivity index (χ1v) is 12.6. The molecule has 3 aromatic carbocycles. The van der Waals surface area contributed by atoms with Gasteiger partial charge in [0.15, 0.2) is 5.78 Å². The second kappa shape index (κ2) is 7.97. The summed E-state index contributed by atoms with van der Waals surface area (Å²) in [5.74, 6) is -2.86. The van der Waals surface area contributed by atoms with Crippen LogP contribution in [0, 0.1) is 11.8 Å². The van der Waals surface area contributed by atoms with Crippen LogP contribution in [0.3, 0.4) is 0 Å². The molecule has 1 aromatic heterocycles. The summed E-state index contributed by atoms with van der Waals surface area (Å²) in [7, 11) is 0. The van der Waals surface area contributed by atoms with Gasteiger partial charge in [0.25, 0.3) is 0 Å². The summed E-state index contributed by atoms with van der Waals surface area (Å²) in [6, 6.07) is 21.2. The fourth-order valence-electron chi connectivity index (χ4n) is 6.57. The Morgan fingerprint density at radius 3 is 2.45 bits per heavy atom. The summed E-state index contributed by atoms with van der Waals surface area (Å²) >= 11 is 0. The average Bonchev–Trinajstić information content (AvgIpc) is 3.63. The van der Waals surface area contributed by atoms with Crippen molar-refractivity contribution in [1.29, 1.82) is 0 Å². The number of para-hydroxylation sites is 2. The molecule has 38 heavy (non-hydrogen) atoms. The van der Waals surface area contributed by atoms with Crippen LogP contribution in [0.1, 0.15) is 28.4 Å². The van der Waals surface area contributed by atoms with E-state index in [9.17, 15) is 19.2 Å². The zero-order valence-electron chi connectivity index (χ0n) is 20.5. The predicted molar refractivity (Wildman–Crippen MR) is 142 cm³/mol. The zero-order chi connectivity index (χ0) is 26.2. The summed E-state index contributed by atoms with van der Waals surface area (Å²) in [5, 5.41) is 7.47. The van der Waals surface area contributed by atoms with Crippen LogP contribution in [0.4, 0.5) is 11.4 Å². The highest BCUT2D eigenvalue weighted by Gasteiger charge is 2.70. The van der Waals surface area contributed by atoms with Crippen molar-refractivity contribution in [3.63, 3.8) is 0 Å². The maximum absolute atomic E-state index is 14.1. The van der Waals surface area contributed by atoms with Gasteiger partial charge in [-0.25, -0.2) is 4.90 Å².